The summed E-state index contributed by atoms with van der Waals surface area (Å²) in [6.07, 6.45) is -38.1. The predicted octanol–water partition coefficient (Wildman–Crippen LogP) is 23.8. The Kier molecular flexibility index (Phi) is 68.8. The molecule has 0 aliphatic rings. The lowest BCUT2D eigenvalue weighted by molar-refractivity contribution is -0.343. The van der Waals surface area contributed by atoms with E-state index in [-0.39, 0.29) is 142 Å². The van der Waals surface area contributed by atoms with Gasteiger partial charge < -0.3 is 0 Å². The van der Waals surface area contributed by atoms with Crippen LogP contribution in [0.3, 0.4) is 0 Å². The van der Waals surface area contributed by atoms with Gasteiger partial charge in [0.25, 0.3) is 0 Å². The van der Waals surface area contributed by atoms with Gasteiger partial charge in [-0.1, -0.05) is 235 Å². The van der Waals surface area contributed by atoms with Gasteiger partial charge in [0.15, 0.2) is 0 Å². The molecule has 46 heteroatoms. The monoisotopic (exact) mass is 2090 g/mol. The van der Waals surface area contributed by atoms with E-state index in [0.717, 1.165) is 20.3 Å². The molecule has 0 aromatic heterocycles. The van der Waals surface area contributed by atoms with E-state index in [2.05, 4.69) is 0 Å². The van der Waals surface area contributed by atoms with Crippen LogP contribution in [0.5, 0.6) is 0 Å². The number of rotatable bonds is 34. The van der Waals surface area contributed by atoms with Gasteiger partial charge in [-0.15, -0.1) is 0 Å². The van der Waals surface area contributed by atoms with E-state index >= 15 is 0 Å². The Hall–Kier alpha value is -8.94. The summed E-state index contributed by atoms with van der Waals surface area (Å²) in [5.74, 6) is -35.1. The van der Waals surface area contributed by atoms with E-state index in [4.69, 9.17) is 0 Å². The second-order valence-corrected chi connectivity index (χ2v) is 41.8. The first kappa shape index (κ1) is 155. The Labute approximate surface area is 809 Å². The van der Waals surface area contributed by atoms with Gasteiger partial charge in [-0.3, -0.25) is 105 Å². The molecule has 0 fully saturated rings. The van der Waals surface area contributed by atoms with Crippen molar-refractivity contribution in [3.8, 4) is 0 Å². The molecule has 0 saturated carbocycles. The molecule has 0 atom stereocenters. The van der Waals surface area contributed by atoms with Crippen molar-refractivity contribution in [1.29, 1.82) is 0 Å². The molecule has 0 aliphatic heterocycles. The first-order valence-electron chi connectivity index (χ1n) is 43.3. The van der Waals surface area contributed by atoms with Crippen LogP contribution >= 0.6 is 0 Å². The van der Waals surface area contributed by atoms with E-state index in [1.807, 2.05) is 194 Å². The number of Topliss-reactive ketones (excluding diaryl/α,β-unsaturated/α-hetero) is 22. The maximum Gasteiger partial charge on any atom is 0.461 e. The summed E-state index contributed by atoms with van der Waals surface area (Å²) in [6, 6.07) is 0. The first-order chi connectivity index (χ1) is 61.2. The number of alkyl halides is 24. The van der Waals surface area contributed by atoms with Crippen LogP contribution < -0.4 is 0 Å². The van der Waals surface area contributed by atoms with Crippen LogP contribution in [0, 0.1) is 72.9 Å². The molecule has 0 amide bonds. The molecule has 0 unspecified atom stereocenters. The molecule has 0 bridgehead atoms. The zero-order valence-electron chi connectivity index (χ0n) is 87.3. The average Bonchev–Trinajstić information content (AvgIpc) is 0.760. The van der Waals surface area contributed by atoms with Crippen LogP contribution in [0.15, 0.2) is 0 Å². The molecule has 0 N–H and O–H groups in total. The van der Waals surface area contributed by atoms with E-state index in [0.29, 0.717) is 24.7 Å². The molecule has 0 aromatic rings. The number of hydrogen-bond acceptors (Lipinski definition) is 22. The van der Waals surface area contributed by atoms with Crippen molar-refractivity contribution in [3.63, 3.8) is 0 Å². The number of carbonyl (C=O) groups excluding carboxylic acids is 22. The topological polar surface area (TPSA) is 376 Å². The summed E-state index contributed by atoms with van der Waals surface area (Å²) >= 11 is 0. The molecule has 0 aromatic carbocycles. The molecule has 22 nitrogen and oxygen atoms in total. The molecule has 0 saturated heterocycles. The third-order valence-corrected chi connectivity index (χ3v) is 17.7. The van der Waals surface area contributed by atoms with E-state index < -0.39 is 172 Å². The van der Waals surface area contributed by atoms with Gasteiger partial charge in [-0.2, -0.15) is 105 Å². The number of carbonyl (C=O) groups is 22. The van der Waals surface area contributed by atoms with Crippen molar-refractivity contribution < 1.29 is 211 Å². The van der Waals surface area contributed by atoms with Crippen molar-refractivity contribution in [3.05, 3.63) is 0 Å². The zero-order valence-corrected chi connectivity index (χ0v) is 87.3. The number of halogens is 24. The normalized spacial score (nSPS) is 12.4. The molecular formula is C95H144F24O22. The van der Waals surface area contributed by atoms with Crippen LogP contribution in [-0.2, 0) is 105 Å². The first-order valence-corrected chi connectivity index (χ1v) is 43.3. The molecule has 824 valence electrons. The Balaban J connectivity index is -0.000000147. The highest BCUT2D eigenvalue weighted by Gasteiger charge is 2.76. The molecule has 0 heterocycles. The van der Waals surface area contributed by atoms with Crippen molar-refractivity contribution in [2.75, 3.05) is 0 Å². The van der Waals surface area contributed by atoms with Crippen molar-refractivity contribution in [1.82, 2.24) is 0 Å². The second kappa shape index (κ2) is 62.7. The maximum absolute atomic E-state index is 12.9. The fraction of sp³-hybridized carbons (Fsp3) is 0.768. The van der Waals surface area contributed by atoms with Gasteiger partial charge in [-0.25, -0.2) is 0 Å². The summed E-state index contributed by atoms with van der Waals surface area (Å²) in [5, 5.41) is 0. The molecule has 0 radical (unpaired) electrons. The fourth-order valence-corrected chi connectivity index (χ4v) is 7.06. The summed E-state index contributed by atoms with van der Waals surface area (Å²) in [6.45, 7) is 63.4. The predicted molar refractivity (Wildman–Crippen MR) is 473 cm³/mol. The Morgan fingerprint density at radius 3 is 0.567 bits per heavy atom. The van der Waals surface area contributed by atoms with Gasteiger partial charge in [0, 0.05) is 73.9 Å². The Morgan fingerprint density at radius 1 is 0.199 bits per heavy atom. The molecule has 141 heavy (non-hydrogen) atoms. The van der Waals surface area contributed by atoms with Gasteiger partial charge in [0.1, 0.15) is 92.5 Å². The van der Waals surface area contributed by atoms with Gasteiger partial charge in [-0.05, 0) is 39.0 Å². The summed E-state index contributed by atoms with van der Waals surface area (Å²) in [5.41, 5.74) is -4.54. The smallest absolute Gasteiger partial charge is 0.300 e. The number of ketones is 22. The van der Waals surface area contributed by atoms with Crippen LogP contribution in [0.1, 0.15) is 346 Å². The highest BCUT2D eigenvalue weighted by Crippen LogP contribution is 2.48. The minimum Gasteiger partial charge on any atom is -0.300 e. The second-order valence-electron chi connectivity index (χ2n) is 41.8. The van der Waals surface area contributed by atoms with Crippen LogP contribution in [0.2, 0.25) is 0 Å². The summed E-state index contributed by atoms with van der Waals surface area (Å²) < 4.78 is 282. The van der Waals surface area contributed by atoms with Crippen LogP contribution in [0.25, 0.3) is 0 Å². The van der Waals surface area contributed by atoms with E-state index in [1.165, 1.54) is 48.5 Å². The average molecular weight is 2090 g/mol. The lowest BCUT2D eigenvalue weighted by Crippen LogP contribution is -2.56. The molecule has 0 aliphatic carbocycles. The highest BCUT2D eigenvalue weighted by molar-refractivity contribution is 6.08. The lowest BCUT2D eigenvalue weighted by atomic mass is 9.79. The van der Waals surface area contributed by atoms with Crippen molar-refractivity contribution in [2.24, 2.45) is 72.9 Å². The molecule has 0 spiro atoms. The lowest BCUT2D eigenvalue weighted by Gasteiger charge is -2.27. The van der Waals surface area contributed by atoms with Gasteiger partial charge in [0.2, 0.25) is 34.7 Å². The van der Waals surface area contributed by atoms with Gasteiger partial charge >= 0.3 is 54.8 Å². The SMILES string of the molecule is CC(=O)CC(=O)C(F)(F)C(F)(F)F.CC(=O)CC(=O)C(F)(F)F.CC(=O)CC(=O)CC(C)C.CC(C)(C)C(=O)CC(=O)C(C)(C)C.CC(C)(C)C(=O)CC(=O)C(F)(F)C(F)(F)C(F)(F)F.CC(C)(C)C(=O)CC(=O)C(F)(F)F.CC(C)C(=O)CC(=O)C(C)(C)C.CC(C)C(=O)CC(=O)C(C)C.CC(C)CC(=O)CC(=O)C(C)(C)C.CCC(C)(C)C(=O)CC(=O)C(C)(C)C.O=C(CC(=O)C(F)(F)F)C(F)(F)F. The van der Waals surface area contributed by atoms with Crippen LogP contribution in [0.4, 0.5) is 105 Å². The Bertz CT molecular complexity index is 3960. The standard InChI is InChI=1S/C12H22O2.2C11H20O2.C10H11F7O2.C10H18O2.C9H16O2.C8H11F3O2.C8H14O2.C6H5F5O2.C5H2F6O2.C5H5F3O2/c1-7-12(5,6)10(14)8-9(13)11(2,3)4;1-10(2,3)8(12)7-9(13)11(4,5)6;1-8(2)6-9(12)7-10(13)11(3,4)5;1-7(2,3)5(18)4-6(19)8(11,12)9(13,14)10(15,16)17;1-7(2)8(11)6-9(12)10(3,4)5;1-6(2)8(10)5-9(11)7(3)4;1-7(2,3)5(12)4-6(13)8(9,10)11;1-6(2)4-8(10)5-7(3)9;1-3(12)2-4(13)5(7,8)6(9,10)11;6-4(7,8)2(12)1-3(13)5(9,10)11;1-3(9)2-4(10)5(6,7)8/h7-8H2,1-6H3;7H2,1-6H3;8H,6-7H2,1-5H3;4H2,1-3H3;7H,6H2,1-5H3;6-7H,5H2,1-4H3;4H2,1-3H3;6H,4-5H2,1-3H3;2H2,1H3;1H2;2H2,1H3. The van der Waals surface area contributed by atoms with Crippen molar-refractivity contribution in [2.45, 2.75) is 401 Å². The quantitative estimate of drug-likeness (QED) is 0.0426. The minimum atomic E-state index is -6.59. The van der Waals surface area contributed by atoms with Crippen molar-refractivity contribution >= 4 is 127 Å². The summed E-state index contributed by atoms with van der Waals surface area (Å²) in [7, 11) is 0. The van der Waals surface area contributed by atoms with Crippen LogP contribution in [-0.4, -0.2) is 182 Å². The Morgan fingerprint density at radius 2 is 0.376 bits per heavy atom. The molecule has 0 rings (SSSR count). The van der Waals surface area contributed by atoms with E-state index in [1.54, 1.807) is 0 Å². The van der Waals surface area contributed by atoms with E-state index in [9.17, 15) is 211 Å². The maximum atomic E-state index is 12.9. The zero-order chi connectivity index (χ0) is 117. The third-order valence-electron chi connectivity index (χ3n) is 17.7. The van der Waals surface area contributed by atoms with Gasteiger partial charge in [0.05, 0.1) is 70.6 Å². The largest absolute Gasteiger partial charge is 0.461 e. The number of hydrogen-bond donors (Lipinski definition) is 0. The molecular weight excluding hydrogens is 1950 g/mol. The fourth-order valence-electron chi connectivity index (χ4n) is 7.06. The summed E-state index contributed by atoms with van der Waals surface area (Å²) in [4.78, 5) is 238. The highest BCUT2D eigenvalue weighted by atomic mass is 19.4. The minimum absolute atomic E-state index is 0.0160. The third kappa shape index (κ3) is 76.4.